The van der Waals surface area contributed by atoms with E-state index in [0.717, 1.165) is 59.3 Å². The van der Waals surface area contributed by atoms with Crippen LogP contribution in [0.15, 0.2) is 158 Å². The van der Waals surface area contributed by atoms with Gasteiger partial charge in [-0.05, 0) is 49.8 Å². The van der Waals surface area contributed by atoms with E-state index in [0.29, 0.717) is 10.9 Å². The molecule has 8 aromatic carbocycles. The lowest BCUT2D eigenvalue weighted by Gasteiger charge is -2.26. The van der Waals surface area contributed by atoms with Crippen LogP contribution in [0, 0.1) is 0 Å². The number of phenols is 1. The highest BCUT2D eigenvalue weighted by Gasteiger charge is 2.34. The molecule has 0 saturated heterocycles. The smallest absolute Gasteiger partial charge is 0.171 e. The summed E-state index contributed by atoms with van der Waals surface area (Å²) in [7, 11) is -3.43. The van der Waals surface area contributed by atoms with Crippen LogP contribution in [0.5, 0.6) is 5.75 Å². The summed E-state index contributed by atoms with van der Waals surface area (Å²) in [6.07, 6.45) is 0. The monoisotopic (exact) mass is 570 g/mol. The predicted octanol–water partition coefficient (Wildman–Crippen LogP) is 9.31. The van der Waals surface area contributed by atoms with Crippen LogP contribution in [0.25, 0.3) is 54.2 Å². The van der Waals surface area contributed by atoms with Gasteiger partial charge in [0.2, 0.25) is 0 Å². The quantitative estimate of drug-likeness (QED) is 0.169. The minimum atomic E-state index is -3.43. The van der Waals surface area contributed by atoms with Crippen LogP contribution in [-0.4, -0.2) is 5.11 Å². The molecule has 0 amide bonds. The number of hydrogen-bond donors (Lipinski definition) is 1. The Bertz CT molecular complexity index is 2330. The molecule has 8 rings (SSSR count). The SMILES string of the molecule is O=P(c1ccccc1)(c1ccccc1)c1ccc2ccc3ccccc3c2c1-c1c(O)ccc2ccc3ccccc3c12. The summed E-state index contributed by atoms with van der Waals surface area (Å²) < 4.78 is 16.0. The average Bonchev–Trinajstić information content (AvgIpc) is 3.08. The molecule has 204 valence electrons. The summed E-state index contributed by atoms with van der Waals surface area (Å²) in [4.78, 5) is 0. The Morgan fingerprint density at radius 3 is 1.37 bits per heavy atom. The lowest BCUT2D eigenvalue weighted by molar-refractivity contribution is 0.478. The van der Waals surface area contributed by atoms with Crippen LogP contribution in [0.4, 0.5) is 0 Å². The van der Waals surface area contributed by atoms with Crippen molar-refractivity contribution in [1.29, 1.82) is 0 Å². The van der Waals surface area contributed by atoms with Crippen molar-refractivity contribution in [1.82, 2.24) is 0 Å². The first-order valence-corrected chi connectivity index (χ1v) is 16.2. The van der Waals surface area contributed by atoms with Crippen LogP contribution in [-0.2, 0) is 4.57 Å². The molecule has 0 aromatic heterocycles. The number of phenolic OH excluding ortho intramolecular Hbond substituents is 1. The zero-order chi connectivity index (χ0) is 29.0. The zero-order valence-corrected chi connectivity index (χ0v) is 24.2. The topological polar surface area (TPSA) is 37.3 Å². The standard InChI is InChI=1S/C40H27O2P/c41-35-25-23-29-21-19-27-11-7-9-17-33(27)37(29)39(35)40-36(26-24-30-22-20-28-12-8-10-18-34(28)38(30)40)43(42,31-13-3-1-4-14-31)32-15-5-2-6-16-32/h1-26,41H. The zero-order valence-electron chi connectivity index (χ0n) is 23.3. The largest absolute Gasteiger partial charge is 0.507 e. The Balaban J connectivity index is 1.65. The highest BCUT2D eigenvalue weighted by molar-refractivity contribution is 7.85. The summed E-state index contributed by atoms with van der Waals surface area (Å²) in [6.45, 7) is 0. The molecule has 0 atom stereocenters. The van der Waals surface area contributed by atoms with E-state index in [9.17, 15) is 5.11 Å². The van der Waals surface area contributed by atoms with Gasteiger partial charge in [-0.3, -0.25) is 0 Å². The van der Waals surface area contributed by atoms with Gasteiger partial charge in [-0.25, -0.2) is 0 Å². The van der Waals surface area contributed by atoms with Gasteiger partial charge in [0, 0.05) is 32.4 Å². The molecular weight excluding hydrogens is 543 g/mol. The first-order chi connectivity index (χ1) is 21.1. The van der Waals surface area contributed by atoms with E-state index < -0.39 is 7.14 Å². The van der Waals surface area contributed by atoms with Gasteiger partial charge in [0.1, 0.15) is 5.75 Å². The maximum absolute atomic E-state index is 16.0. The van der Waals surface area contributed by atoms with Gasteiger partial charge in [0.15, 0.2) is 7.14 Å². The molecule has 43 heavy (non-hydrogen) atoms. The number of benzene rings is 8. The van der Waals surface area contributed by atoms with Gasteiger partial charge >= 0.3 is 0 Å². The molecule has 0 bridgehead atoms. The number of rotatable bonds is 4. The Morgan fingerprint density at radius 2 is 0.814 bits per heavy atom. The fourth-order valence-electron chi connectivity index (χ4n) is 6.64. The molecule has 0 spiro atoms. The lowest BCUT2D eigenvalue weighted by atomic mass is 9.88. The molecule has 0 fully saturated rings. The number of fused-ring (bicyclic) bond motifs is 6. The average molecular weight is 571 g/mol. The molecule has 0 aliphatic carbocycles. The van der Waals surface area contributed by atoms with E-state index in [1.54, 1.807) is 6.07 Å². The first-order valence-electron chi connectivity index (χ1n) is 14.4. The minimum Gasteiger partial charge on any atom is -0.507 e. The van der Waals surface area contributed by atoms with Gasteiger partial charge in [-0.1, -0.05) is 146 Å². The van der Waals surface area contributed by atoms with Crippen molar-refractivity contribution in [3.05, 3.63) is 158 Å². The van der Waals surface area contributed by atoms with Gasteiger partial charge in [0.25, 0.3) is 0 Å². The maximum atomic E-state index is 16.0. The van der Waals surface area contributed by atoms with Crippen molar-refractivity contribution in [3.8, 4) is 16.9 Å². The van der Waals surface area contributed by atoms with E-state index in [2.05, 4.69) is 54.6 Å². The molecule has 1 N–H and O–H groups in total. The van der Waals surface area contributed by atoms with Crippen LogP contribution in [0.2, 0.25) is 0 Å². The number of hydrogen-bond acceptors (Lipinski definition) is 2. The minimum absolute atomic E-state index is 0.165. The first kappa shape index (κ1) is 25.5. The Labute approximate surface area is 249 Å². The molecule has 8 aromatic rings. The van der Waals surface area contributed by atoms with E-state index in [4.69, 9.17) is 0 Å². The van der Waals surface area contributed by atoms with E-state index >= 15 is 4.57 Å². The fourth-order valence-corrected chi connectivity index (χ4v) is 9.51. The predicted molar refractivity (Wildman–Crippen MR) is 183 cm³/mol. The molecular formula is C40H27O2P. The highest BCUT2D eigenvalue weighted by atomic mass is 31.2. The third-order valence-corrected chi connectivity index (χ3v) is 11.7. The van der Waals surface area contributed by atoms with Gasteiger partial charge < -0.3 is 9.67 Å². The third kappa shape index (κ3) is 3.91. The van der Waals surface area contributed by atoms with Crippen LogP contribution >= 0.6 is 7.14 Å². The summed E-state index contributed by atoms with van der Waals surface area (Å²) in [5.41, 5.74) is 1.52. The maximum Gasteiger partial charge on any atom is 0.171 e. The second kappa shape index (κ2) is 9.98. The summed E-state index contributed by atoms with van der Waals surface area (Å²) >= 11 is 0. The lowest BCUT2D eigenvalue weighted by Crippen LogP contribution is -2.26. The summed E-state index contributed by atoms with van der Waals surface area (Å²) in [5.74, 6) is 0.165. The molecule has 2 nitrogen and oxygen atoms in total. The van der Waals surface area contributed by atoms with Crippen molar-refractivity contribution >= 4 is 66.1 Å². The summed E-state index contributed by atoms with van der Waals surface area (Å²) in [6, 6.07) is 52.5. The molecule has 0 saturated carbocycles. The normalized spacial score (nSPS) is 11.9. The van der Waals surface area contributed by atoms with Crippen LogP contribution < -0.4 is 15.9 Å². The Kier molecular flexibility index (Phi) is 5.93. The molecule has 0 radical (unpaired) electrons. The third-order valence-electron chi connectivity index (χ3n) is 8.61. The number of aromatic hydroxyl groups is 1. The van der Waals surface area contributed by atoms with Crippen molar-refractivity contribution in [3.63, 3.8) is 0 Å². The van der Waals surface area contributed by atoms with Crippen LogP contribution in [0.1, 0.15) is 0 Å². The second-order valence-corrected chi connectivity index (χ2v) is 13.7. The Hall–Kier alpha value is -5.17. The van der Waals surface area contributed by atoms with Gasteiger partial charge in [0.05, 0.1) is 0 Å². The van der Waals surface area contributed by atoms with E-state index in [1.165, 1.54) is 0 Å². The van der Waals surface area contributed by atoms with Crippen molar-refractivity contribution in [2.45, 2.75) is 0 Å². The highest BCUT2D eigenvalue weighted by Crippen LogP contribution is 2.51. The Morgan fingerprint density at radius 1 is 0.395 bits per heavy atom. The van der Waals surface area contributed by atoms with Crippen LogP contribution in [0.3, 0.4) is 0 Å². The molecule has 0 unspecified atom stereocenters. The van der Waals surface area contributed by atoms with Crippen molar-refractivity contribution in [2.24, 2.45) is 0 Å². The van der Waals surface area contributed by atoms with E-state index in [1.807, 2.05) is 97.1 Å². The molecule has 0 aliphatic heterocycles. The van der Waals surface area contributed by atoms with Gasteiger partial charge in [-0.2, -0.15) is 0 Å². The second-order valence-electron chi connectivity index (χ2n) is 11.0. The van der Waals surface area contributed by atoms with Crippen molar-refractivity contribution in [2.75, 3.05) is 0 Å². The molecule has 3 heteroatoms. The van der Waals surface area contributed by atoms with Gasteiger partial charge in [-0.15, -0.1) is 0 Å². The fraction of sp³-hybridized carbons (Fsp3) is 0. The molecule has 0 heterocycles. The summed E-state index contributed by atoms with van der Waals surface area (Å²) in [5, 5.41) is 22.4. The van der Waals surface area contributed by atoms with Crippen molar-refractivity contribution < 1.29 is 9.67 Å². The molecule has 0 aliphatic rings. The van der Waals surface area contributed by atoms with E-state index in [-0.39, 0.29) is 5.75 Å².